The summed E-state index contributed by atoms with van der Waals surface area (Å²) in [6, 6.07) is 96.1. The number of aromatic nitrogens is 5. The quantitative estimate of drug-likeness (QED) is 0.158. The largest absolute Gasteiger partial charge is 0.310 e. The number of thiophene rings is 1. The van der Waals surface area contributed by atoms with E-state index in [1.54, 1.807) is 11.3 Å². The lowest BCUT2D eigenvalue weighted by Crippen LogP contribution is -2.36. The van der Waals surface area contributed by atoms with E-state index < -0.39 is 5.41 Å². The third kappa shape index (κ3) is 7.12. The highest BCUT2D eigenvalue weighted by molar-refractivity contribution is 7.26. The van der Waals surface area contributed by atoms with Crippen LogP contribution in [0.4, 0.5) is 17.1 Å². The number of para-hydroxylation sites is 3. The Morgan fingerprint density at radius 3 is 1.65 bits per heavy atom. The fraction of sp³-hybridized carbons (Fsp3) is 0.0519. The highest BCUT2D eigenvalue weighted by Crippen LogP contribution is 2.65. The van der Waals surface area contributed by atoms with E-state index in [1.165, 1.54) is 38.1 Å². The Kier molecular flexibility index (Phi) is 10.6. The first-order chi connectivity index (χ1) is 41.4. The molecule has 84 heavy (non-hydrogen) atoms. The number of hydrogen-bond donors (Lipinski definition) is 0. The second-order valence-corrected chi connectivity index (χ2v) is 23.7. The minimum atomic E-state index is -0.770. The van der Waals surface area contributed by atoms with Gasteiger partial charge in [0, 0.05) is 49.0 Å². The van der Waals surface area contributed by atoms with Crippen LogP contribution in [-0.2, 0) is 10.8 Å². The molecular weight excluding hydrogens is 1040 g/mol. The van der Waals surface area contributed by atoms with Crippen molar-refractivity contribution in [3.63, 3.8) is 0 Å². The highest BCUT2D eigenvalue weighted by atomic mass is 32.1. The zero-order chi connectivity index (χ0) is 55.7. The predicted molar refractivity (Wildman–Crippen MR) is 344 cm³/mol. The number of anilines is 3. The van der Waals surface area contributed by atoms with Crippen molar-refractivity contribution in [2.45, 2.75) is 24.7 Å². The molecule has 0 fully saturated rings. The fourth-order valence-electron chi connectivity index (χ4n) is 14.0. The van der Waals surface area contributed by atoms with Crippen LogP contribution in [-0.4, -0.2) is 24.9 Å². The molecule has 6 nitrogen and oxygen atoms in total. The molecule has 0 unspecified atom stereocenters. The maximum absolute atomic E-state index is 5.72. The first-order valence-electron chi connectivity index (χ1n) is 28.6. The van der Waals surface area contributed by atoms with E-state index in [0.29, 0.717) is 23.3 Å². The second-order valence-electron chi connectivity index (χ2n) is 22.7. The molecule has 14 aromatic rings. The molecule has 7 heteroatoms. The van der Waals surface area contributed by atoms with Crippen LogP contribution in [0, 0.1) is 0 Å². The summed E-state index contributed by atoms with van der Waals surface area (Å²) in [6.45, 7) is 4.69. The summed E-state index contributed by atoms with van der Waals surface area (Å²) in [6.07, 6.45) is 0. The van der Waals surface area contributed by atoms with Gasteiger partial charge in [-0.2, -0.15) is 0 Å². The van der Waals surface area contributed by atoms with Crippen LogP contribution in [0.2, 0.25) is 0 Å². The molecular formula is C77H50N6S. The number of benzene rings is 11. The Morgan fingerprint density at radius 1 is 0.333 bits per heavy atom. The Balaban J connectivity index is 0.933. The molecule has 17 rings (SSSR count). The van der Waals surface area contributed by atoms with Gasteiger partial charge in [-0.1, -0.05) is 232 Å². The summed E-state index contributed by atoms with van der Waals surface area (Å²) < 4.78 is 2.26. The first kappa shape index (κ1) is 48.3. The molecule has 0 saturated heterocycles. The molecule has 0 bridgehead atoms. The summed E-state index contributed by atoms with van der Waals surface area (Å²) in [7, 11) is 0. The van der Waals surface area contributed by atoms with Crippen molar-refractivity contribution in [2.75, 3.05) is 4.90 Å². The van der Waals surface area contributed by atoms with E-state index in [2.05, 4.69) is 261 Å². The molecule has 394 valence electrons. The third-order valence-electron chi connectivity index (χ3n) is 17.7. The second kappa shape index (κ2) is 18.5. The van der Waals surface area contributed by atoms with Crippen molar-refractivity contribution in [2.24, 2.45) is 0 Å². The third-order valence-corrected chi connectivity index (χ3v) is 18.9. The van der Waals surface area contributed by atoms with Crippen molar-refractivity contribution in [1.29, 1.82) is 0 Å². The number of rotatable bonds is 7. The predicted octanol–water partition coefficient (Wildman–Crippen LogP) is 19.5. The van der Waals surface area contributed by atoms with Gasteiger partial charge in [0.05, 0.1) is 32.7 Å². The summed E-state index contributed by atoms with van der Waals surface area (Å²) in [5, 5.41) is 1.12. The van der Waals surface area contributed by atoms with Gasteiger partial charge in [0.1, 0.15) is 0 Å². The molecule has 11 aromatic carbocycles. The monoisotopic (exact) mass is 1090 g/mol. The van der Waals surface area contributed by atoms with Gasteiger partial charge in [-0.15, -0.1) is 11.3 Å². The van der Waals surface area contributed by atoms with Gasteiger partial charge in [-0.25, -0.2) is 24.9 Å². The number of fused-ring (bicyclic) bond motifs is 15. The Labute approximate surface area is 490 Å². The first-order valence-corrected chi connectivity index (χ1v) is 29.5. The van der Waals surface area contributed by atoms with Crippen LogP contribution in [0.25, 0.3) is 110 Å². The maximum Gasteiger partial charge on any atom is 0.164 e. The van der Waals surface area contributed by atoms with Crippen molar-refractivity contribution >= 4 is 48.7 Å². The molecule has 2 aliphatic carbocycles. The van der Waals surface area contributed by atoms with Gasteiger partial charge >= 0.3 is 0 Å². The van der Waals surface area contributed by atoms with E-state index in [0.717, 1.165) is 99.6 Å². The summed E-state index contributed by atoms with van der Waals surface area (Å²) >= 11 is 1.77. The number of nitrogens with zero attached hydrogens (tertiary/aromatic N) is 6. The van der Waals surface area contributed by atoms with Gasteiger partial charge in [0.25, 0.3) is 0 Å². The van der Waals surface area contributed by atoms with Crippen LogP contribution in [0.3, 0.4) is 0 Å². The molecule has 1 spiro atoms. The van der Waals surface area contributed by atoms with Crippen LogP contribution >= 0.6 is 11.3 Å². The molecule has 3 aromatic heterocycles. The Bertz CT molecular complexity index is 4960. The maximum atomic E-state index is 5.72. The van der Waals surface area contributed by atoms with Crippen LogP contribution in [0.5, 0.6) is 0 Å². The summed E-state index contributed by atoms with van der Waals surface area (Å²) in [5.41, 5.74) is 23.2. The van der Waals surface area contributed by atoms with Crippen molar-refractivity contribution in [1.82, 2.24) is 24.9 Å². The number of hydrogen-bond acceptors (Lipinski definition) is 7. The zero-order valence-electron chi connectivity index (χ0n) is 46.0. The average Bonchev–Trinajstić information content (AvgIpc) is 1.83. The molecule has 0 radical (unpaired) electrons. The summed E-state index contributed by atoms with van der Waals surface area (Å²) in [4.78, 5) is 30.1. The van der Waals surface area contributed by atoms with Crippen molar-refractivity contribution in [3.05, 3.63) is 300 Å². The molecule has 0 atom stereocenters. The molecule has 0 N–H and O–H groups in total. The van der Waals surface area contributed by atoms with E-state index >= 15 is 0 Å². The van der Waals surface area contributed by atoms with Crippen LogP contribution in [0.1, 0.15) is 47.2 Å². The fourth-order valence-corrected chi connectivity index (χ4v) is 15.1. The molecule has 4 heterocycles. The lowest BCUT2D eigenvalue weighted by atomic mass is 9.64. The normalized spacial score (nSPS) is 13.8. The van der Waals surface area contributed by atoms with E-state index in [9.17, 15) is 0 Å². The van der Waals surface area contributed by atoms with Crippen molar-refractivity contribution < 1.29 is 0 Å². The van der Waals surface area contributed by atoms with Gasteiger partial charge in [0.2, 0.25) is 0 Å². The minimum absolute atomic E-state index is 0.181. The molecule has 0 saturated carbocycles. The van der Waals surface area contributed by atoms with Crippen LogP contribution < -0.4 is 4.90 Å². The van der Waals surface area contributed by atoms with Crippen molar-refractivity contribution in [3.8, 4) is 90.2 Å². The molecule has 1 aliphatic heterocycles. The summed E-state index contributed by atoms with van der Waals surface area (Å²) in [5.74, 6) is 2.45. The topological polar surface area (TPSA) is 67.7 Å². The van der Waals surface area contributed by atoms with Crippen LogP contribution in [0.15, 0.2) is 267 Å². The molecule has 3 aliphatic rings. The lowest BCUT2D eigenvalue weighted by molar-refractivity contribution is 0.660. The average molecular weight is 1090 g/mol. The van der Waals surface area contributed by atoms with E-state index in [-0.39, 0.29) is 5.41 Å². The SMILES string of the molecule is CC1(C)c2ccccc2-c2ccc(-c3nc(-c4ccc5c(c4)-c4c(-c6nc(-c7ccccc7)nc(-c7cccc(-c8ccccc8)c7)n6)cccc4C54c5ccccc5N(c5ccccc5)c5ccccc54)nc4c3sc3ccccc34)cc21. The smallest absolute Gasteiger partial charge is 0.164 e. The molecule has 0 amide bonds. The van der Waals surface area contributed by atoms with Gasteiger partial charge in [0.15, 0.2) is 23.3 Å². The standard InChI is InChI=1S/C77H50N6S/c1-76(2)59-33-14-12-30-54(59)55-42-40-50(46-64(55)76)69-71-70(56-31-13-19-39-67(56)84-71)79-73(78-69)52-41-43-60-58(45-52)68-57(75-81-72(48-24-8-4-9-25-48)80-74(82-75)51-27-20-26-49(44-51)47-22-6-3-7-23-47)32-21-36-63(68)77(60)61-34-15-17-37-65(61)83(53-28-10-5-11-29-53)66-38-18-16-35-62(66)77/h3-46H,1-2H3. The zero-order valence-corrected chi connectivity index (χ0v) is 46.8. The van der Waals surface area contributed by atoms with E-state index in [1.807, 2.05) is 24.3 Å². The Hall–Kier alpha value is -10.5. The van der Waals surface area contributed by atoms with Gasteiger partial charge < -0.3 is 4.90 Å². The highest BCUT2D eigenvalue weighted by Gasteiger charge is 2.52. The van der Waals surface area contributed by atoms with Gasteiger partial charge in [-0.05, 0) is 115 Å². The Morgan fingerprint density at radius 2 is 0.881 bits per heavy atom. The lowest BCUT2D eigenvalue weighted by Gasteiger charge is -2.45. The van der Waals surface area contributed by atoms with E-state index in [4.69, 9.17) is 24.9 Å². The minimum Gasteiger partial charge on any atom is -0.310 e. The van der Waals surface area contributed by atoms with Gasteiger partial charge in [-0.3, -0.25) is 0 Å².